The van der Waals surface area contributed by atoms with Gasteiger partial charge in [0.25, 0.3) is 0 Å². The minimum Gasteiger partial charge on any atom is -0.220 e. The van der Waals surface area contributed by atoms with Crippen molar-refractivity contribution in [3.63, 3.8) is 0 Å². The van der Waals surface area contributed by atoms with E-state index in [1.165, 1.54) is 0 Å². The van der Waals surface area contributed by atoms with E-state index in [2.05, 4.69) is 15.3 Å². The van der Waals surface area contributed by atoms with Gasteiger partial charge >= 0.3 is 0 Å². The van der Waals surface area contributed by atoms with Crippen LogP contribution in [-0.4, -0.2) is 20.0 Å². The van der Waals surface area contributed by atoms with Crippen molar-refractivity contribution < 1.29 is 0 Å². The SMILES string of the molecule is Cc1c(Cl)nnc(-n2cc(-c3ccccc3)cn2)c1C. The first-order valence-corrected chi connectivity index (χ1v) is 6.64. The Kier molecular flexibility index (Phi) is 3.24. The molecule has 0 fully saturated rings. The summed E-state index contributed by atoms with van der Waals surface area (Å²) in [5.41, 5.74) is 4.07. The summed E-state index contributed by atoms with van der Waals surface area (Å²) in [6.07, 6.45) is 3.76. The Hall–Kier alpha value is -2.20. The molecule has 0 N–H and O–H groups in total. The van der Waals surface area contributed by atoms with Gasteiger partial charge in [0.2, 0.25) is 0 Å². The summed E-state index contributed by atoms with van der Waals surface area (Å²) in [5, 5.41) is 12.9. The summed E-state index contributed by atoms with van der Waals surface area (Å²) in [5.74, 6) is 0.703. The maximum absolute atomic E-state index is 5.97. The van der Waals surface area contributed by atoms with Gasteiger partial charge in [0.1, 0.15) is 0 Å². The maximum Gasteiger partial charge on any atom is 0.178 e. The fraction of sp³-hybridized carbons (Fsp3) is 0.133. The Morgan fingerprint density at radius 3 is 2.45 bits per heavy atom. The predicted molar refractivity (Wildman–Crippen MR) is 79.1 cm³/mol. The number of hydrogen-bond donors (Lipinski definition) is 0. The molecule has 0 amide bonds. The first-order valence-electron chi connectivity index (χ1n) is 6.26. The lowest BCUT2D eigenvalue weighted by atomic mass is 10.1. The molecule has 2 aromatic heterocycles. The second-order valence-electron chi connectivity index (χ2n) is 4.60. The van der Waals surface area contributed by atoms with Crippen LogP contribution < -0.4 is 0 Å². The number of benzene rings is 1. The van der Waals surface area contributed by atoms with E-state index >= 15 is 0 Å². The zero-order chi connectivity index (χ0) is 14.1. The lowest BCUT2D eigenvalue weighted by Crippen LogP contribution is -2.05. The third kappa shape index (κ3) is 2.18. The van der Waals surface area contributed by atoms with Crippen LogP contribution in [0.5, 0.6) is 0 Å². The van der Waals surface area contributed by atoms with Crippen molar-refractivity contribution in [2.45, 2.75) is 13.8 Å². The number of nitrogens with zero attached hydrogens (tertiary/aromatic N) is 4. The van der Waals surface area contributed by atoms with E-state index in [-0.39, 0.29) is 0 Å². The van der Waals surface area contributed by atoms with Gasteiger partial charge in [0.05, 0.1) is 6.20 Å². The van der Waals surface area contributed by atoms with Crippen LogP contribution in [0, 0.1) is 13.8 Å². The van der Waals surface area contributed by atoms with Crippen LogP contribution in [0.1, 0.15) is 11.1 Å². The van der Waals surface area contributed by atoms with Crippen LogP contribution in [0.25, 0.3) is 16.9 Å². The molecule has 0 aliphatic carbocycles. The highest BCUT2D eigenvalue weighted by Gasteiger charge is 2.11. The third-order valence-electron chi connectivity index (χ3n) is 3.35. The molecule has 2 heterocycles. The van der Waals surface area contributed by atoms with Crippen molar-refractivity contribution in [3.8, 4) is 16.9 Å². The molecule has 5 heteroatoms. The molecule has 0 unspecified atom stereocenters. The maximum atomic E-state index is 5.97. The molecule has 1 aromatic carbocycles. The molecule has 0 aliphatic heterocycles. The number of hydrogen-bond acceptors (Lipinski definition) is 3. The predicted octanol–water partition coefficient (Wildman–Crippen LogP) is 3.60. The zero-order valence-electron chi connectivity index (χ0n) is 11.2. The van der Waals surface area contributed by atoms with Crippen molar-refractivity contribution in [1.29, 1.82) is 0 Å². The largest absolute Gasteiger partial charge is 0.220 e. The molecule has 0 radical (unpaired) electrons. The molecular formula is C15H13ClN4. The van der Waals surface area contributed by atoms with Crippen LogP contribution in [0.2, 0.25) is 5.15 Å². The second kappa shape index (κ2) is 5.06. The molecule has 0 aliphatic rings. The molecule has 100 valence electrons. The van der Waals surface area contributed by atoms with Gasteiger partial charge in [-0.05, 0) is 25.0 Å². The summed E-state index contributed by atoms with van der Waals surface area (Å²) in [6.45, 7) is 3.90. The Morgan fingerprint density at radius 2 is 1.70 bits per heavy atom. The Morgan fingerprint density at radius 1 is 0.950 bits per heavy atom. The van der Waals surface area contributed by atoms with Gasteiger partial charge in [-0.3, -0.25) is 0 Å². The van der Waals surface area contributed by atoms with Crippen molar-refractivity contribution in [1.82, 2.24) is 20.0 Å². The van der Waals surface area contributed by atoms with Crippen LogP contribution in [0.15, 0.2) is 42.7 Å². The third-order valence-corrected chi connectivity index (χ3v) is 3.71. The summed E-state index contributed by atoms with van der Waals surface area (Å²) >= 11 is 5.97. The van der Waals surface area contributed by atoms with Gasteiger partial charge < -0.3 is 0 Å². The molecule has 3 aromatic rings. The summed E-state index contributed by atoms with van der Waals surface area (Å²) in [6, 6.07) is 10.1. The molecule has 4 nitrogen and oxygen atoms in total. The highest BCUT2D eigenvalue weighted by atomic mass is 35.5. The van der Waals surface area contributed by atoms with Gasteiger partial charge in [0, 0.05) is 17.3 Å². The molecule has 0 saturated carbocycles. The van der Waals surface area contributed by atoms with Gasteiger partial charge in [0.15, 0.2) is 11.0 Å². The summed E-state index contributed by atoms with van der Waals surface area (Å²) in [7, 11) is 0. The standard InChI is InChI=1S/C15H13ClN4/c1-10-11(2)15(19-18-14(10)16)20-9-13(8-17-20)12-6-4-3-5-7-12/h3-9H,1-2H3. The first kappa shape index (κ1) is 12.8. The van der Waals surface area contributed by atoms with E-state index < -0.39 is 0 Å². The highest BCUT2D eigenvalue weighted by Crippen LogP contribution is 2.22. The average Bonchev–Trinajstić information content (AvgIpc) is 2.95. The first-order chi connectivity index (χ1) is 9.66. The van der Waals surface area contributed by atoms with E-state index in [1.54, 1.807) is 4.68 Å². The average molecular weight is 285 g/mol. The number of aromatic nitrogens is 4. The molecule has 0 spiro atoms. The van der Waals surface area contributed by atoms with E-state index in [0.29, 0.717) is 11.0 Å². The van der Waals surface area contributed by atoms with Crippen LogP contribution >= 0.6 is 11.6 Å². The number of rotatable bonds is 2. The van der Waals surface area contributed by atoms with Crippen molar-refractivity contribution in [3.05, 3.63) is 59.0 Å². The van der Waals surface area contributed by atoms with E-state index in [1.807, 2.05) is 56.6 Å². The van der Waals surface area contributed by atoms with Crippen LogP contribution in [0.3, 0.4) is 0 Å². The Bertz CT molecular complexity index is 750. The Labute approximate surface area is 122 Å². The smallest absolute Gasteiger partial charge is 0.178 e. The molecule has 20 heavy (non-hydrogen) atoms. The van der Waals surface area contributed by atoms with E-state index in [0.717, 1.165) is 22.3 Å². The summed E-state index contributed by atoms with van der Waals surface area (Å²) < 4.78 is 1.73. The molecule has 0 atom stereocenters. The van der Waals surface area contributed by atoms with Crippen molar-refractivity contribution >= 4 is 11.6 Å². The minimum atomic E-state index is 0.432. The normalized spacial score (nSPS) is 10.8. The molecule has 0 bridgehead atoms. The number of halogens is 1. The summed E-state index contributed by atoms with van der Waals surface area (Å²) in [4.78, 5) is 0. The zero-order valence-corrected chi connectivity index (χ0v) is 12.0. The molecule has 3 rings (SSSR count). The minimum absolute atomic E-state index is 0.432. The molecule has 0 saturated heterocycles. The van der Waals surface area contributed by atoms with Gasteiger partial charge in [-0.15, -0.1) is 10.2 Å². The van der Waals surface area contributed by atoms with E-state index in [4.69, 9.17) is 11.6 Å². The lowest BCUT2D eigenvalue weighted by Gasteiger charge is -2.07. The van der Waals surface area contributed by atoms with Crippen LogP contribution in [-0.2, 0) is 0 Å². The lowest BCUT2D eigenvalue weighted by molar-refractivity contribution is 0.800. The monoisotopic (exact) mass is 284 g/mol. The topological polar surface area (TPSA) is 43.6 Å². The quantitative estimate of drug-likeness (QED) is 0.722. The van der Waals surface area contributed by atoms with Gasteiger partial charge in [-0.2, -0.15) is 5.10 Å². The fourth-order valence-corrected chi connectivity index (χ4v) is 2.18. The molecular weight excluding hydrogens is 272 g/mol. The Balaban J connectivity index is 2.05. The van der Waals surface area contributed by atoms with Crippen LogP contribution in [0.4, 0.5) is 0 Å². The highest BCUT2D eigenvalue weighted by molar-refractivity contribution is 6.30. The van der Waals surface area contributed by atoms with Gasteiger partial charge in [-0.1, -0.05) is 41.9 Å². The van der Waals surface area contributed by atoms with Crippen molar-refractivity contribution in [2.24, 2.45) is 0 Å². The van der Waals surface area contributed by atoms with Crippen molar-refractivity contribution in [2.75, 3.05) is 0 Å². The van der Waals surface area contributed by atoms with Gasteiger partial charge in [-0.25, -0.2) is 4.68 Å². The second-order valence-corrected chi connectivity index (χ2v) is 4.96. The fourth-order valence-electron chi connectivity index (χ4n) is 2.00. The van der Waals surface area contributed by atoms with E-state index in [9.17, 15) is 0 Å².